The number of anilines is 4. The molecule has 0 atom stereocenters. The van der Waals surface area contributed by atoms with E-state index in [2.05, 4.69) is 25.6 Å². The van der Waals surface area contributed by atoms with Crippen LogP contribution in [0.1, 0.15) is 18.9 Å². The summed E-state index contributed by atoms with van der Waals surface area (Å²) in [6.45, 7) is 2.30. The third-order valence-electron chi connectivity index (χ3n) is 5.84. The normalized spacial score (nSPS) is 14.4. The number of rotatable bonds is 6. The second-order valence-corrected chi connectivity index (χ2v) is 8.20. The van der Waals surface area contributed by atoms with Crippen LogP contribution in [0.15, 0.2) is 48.7 Å². The highest BCUT2D eigenvalue weighted by atomic mass is 19.1. The molecule has 1 fully saturated rings. The van der Waals surface area contributed by atoms with E-state index in [0.717, 1.165) is 11.2 Å². The summed E-state index contributed by atoms with van der Waals surface area (Å²) in [5.41, 5.74) is 2.34. The van der Waals surface area contributed by atoms with Gasteiger partial charge in [-0.1, -0.05) is 25.0 Å². The first kappa shape index (κ1) is 22.2. The van der Waals surface area contributed by atoms with Crippen molar-refractivity contribution in [1.82, 2.24) is 19.5 Å². The van der Waals surface area contributed by atoms with Crippen LogP contribution >= 0.6 is 0 Å². The van der Waals surface area contributed by atoms with Crippen molar-refractivity contribution < 1.29 is 18.5 Å². The van der Waals surface area contributed by atoms with E-state index < -0.39 is 18.6 Å². The van der Waals surface area contributed by atoms with Gasteiger partial charge in [0.25, 0.3) is 0 Å². The first-order valence-corrected chi connectivity index (χ1v) is 11.1. The smallest absolute Gasteiger partial charge is 0.320 e. The highest BCUT2D eigenvalue weighted by Gasteiger charge is 2.24. The molecule has 174 valence electrons. The molecule has 0 spiro atoms. The van der Waals surface area contributed by atoms with Crippen molar-refractivity contribution in [2.75, 3.05) is 23.8 Å². The third-order valence-corrected chi connectivity index (χ3v) is 5.84. The van der Waals surface area contributed by atoms with Crippen LogP contribution in [0, 0.1) is 11.6 Å². The molecule has 2 aromatic carbocycles. The molecular weight excluding hydrogens is 441 g/mol. The molecule has 1 saturated heterocycles. The van der Waals surface area contributed by atoms with Crippen LogP contribution in [0.4, 0.5) is 32.1 Å². The van der Waals surface area contributed by atoms with E-state index in [1.165, 1.54) is 18.2 Å². The lowest BCUT2D eigenvalue weighted by atomic mass is 9.64. The summed E-state index contributed by atoms with van der Waals surface area (Å²) in [6.07, 6.45) is 3.01. The Bertz CT molecular complexity index is 1290. The minimum atomic E-state index is -0.709. The lowest BCUT2D eigenvalue weighted by Gasteiger charge is -2.25. The van der Waals surface area contributed by atoms with Crippen LogP contribution in [0.3, 0.4) is 0 Å². The van der Waals surface area contributed by atoms with Crippen LogP contribution in [0.25, 0.3) is 11.2 Å². The zero-order valence-electron chi connectivity index (χ0n) is 18.5. The predicted molar refractivity (Wildman–Crippen MR) is 127 cm³/mol. The highest BCUT2D eigenvalue weighted by molar-refractivity contribution is 6.64. The summed E-state index contributed by atoms with van der Waals surface area (Å²) in [7, 11) is 0. The van der Waals surface area contributed by atoms with Crippen molar-refractivity contribution in [3.8, 4) is 0 Å². The van der Waals surface area contributed by atoms with Gasteiger partial charge in [-0.2, -0.15) is 4.98 Å². The molecule has 2 aromatic heterocycles. The molecular formula is C23H23BF2N6O2. The number of ether oxygens (including phenoxy) is 1. The number of hydrogen-bond acceptors (Lipinski definition) is 7. The summed E-state index contributed by atoms with van der Waals surface area (Å²) in [6, 6.07) is 11.0. The van der Waals surface area contributed by atoms with Gasteiger partial charge in [0.15, 0.2) is 5.65 Å². The van der Waals surface area contributed by atoms with Crippen LogP contribution in [-0.4, -0.2) is 44.7 Å². The van der Waals surface area contributed by atoms with Crippen LogP contribution in [0.2, 0.25) is 6.82 Å². The zero-order valence-corrected chi connectivity index (χ0v) is 18.5. The van der Waals surface area contributed by atoms with Gasteiger partial charge < -0.3 is 20.4 Å². The Morgan fingerprint density at radius 2 is 1.74 bits per heavy atom. The van der Waals surface area contributed by atoms with Gasteiger partial charge in [0, 0.05) is 24.9 Å². The molecule has 0 bridgehead atoms. The van der Waals surface area contributed by atoms with E-state index in [4.69, 9.17) is 4.74 Å². The summed E-state index contributed by atoms with van der Waals surface area (Å²) in [5.74, 6) is -0.771. The molecule has 4 aromatic rings. The number of fused-ring (bicyclic) bond motifs is 1. The van der Waals surface area contributed by atoms with Crippen molar-refractivity contribution in [2.45, 2.75) is 25.7 Å². The quantitative estimate of drug-likeness (QED) is 0.374. The Balaban J connectivity index is 1.53. The van der Waals surface area contributed by atoms with Crippen molar-refractivity contribution in [3.05, 3.63) is 60.3 Å². The van der Waals surface area contributed by atoms with Crippen molar-refractivity contribution in [3.63, 3.8) is 0 Å². The average Bonchev–Trinajstić information content (AvgIpc) is 3.20. The molecule has 0 unspecified atom stereocenters. The topological polar surface area (TPSA) is 97.1 Å². The second-order valence-electron chi connectivity index (χ2n) is 8.20. The molecule has 11 heteroatoms. The van der Waals surface area contributed by atoms with Gasteiger partial charge >= 0.3 is 6.92 Å². The summed E-state index contributed by atoms with van der Waals surface area (Å²) in [4.78, 5) is 13.6. The number of aromatic nitrogens is 4. The molecule has 0 saturated carbocycles. The number of halogens is 2. The molecule has 5 rings (SSSR count). The van der Waals surface area contributed by atoms with Crippen LogP contribution < -0.4 is 16.1 Å². The molecule has 0 aliphatic carbocycles. The lowest BCUT2D eigenvalue weighted by Crippen LogP contribution is -2.25. The average molecular weight is 464 g/mol. The Morgan fingerprint density at radius 3 is 2.41 bits per heavy atom. The molecule has 0 amide bonds. The number of nitrogens with zero attached hydrogens (tertiary/aromatic N) is 4. The second kappa shape index (κ2) is 9.36. The van der Waals surface area contributed by atoms with E-state index in [1.807, 2.05) is 28.8 Å². The van der Waals surface area contributed by atoms with Gasteiger partial charge in [0.1, 0.15) is 22.8 Å². The Hall–Kier alpha value is -3.57. The maximum Gasteiger partial charge on any atom is 0.320 e. The fourth-order valence-electron chi connectivity index (χ4n) is 4.03. The molecule has 1 aliphatic heterocycles. The van der Waals surface area contributed by atoms with E-state index in [9.17, 15) is 13.8 Å². The number of nitrogens with one attached hydrogen (secondary N) is 2. The predicted octanol–water partition coefficient (Wildman–Crippen LogP) is 3.76. The zero-order chi connectivity index (χ0) is 23.7. The fraction of sp³-hybridized carbons (Fsp3) is 0.261. The van der Waals surface area contributed by atoms with Gasteiger partial charge in [-0.05, 0) is 42.6 Å². The van der Waals surface area contributed by atoms with Crippen molar-refractivity contribution >= 4 is 46.8 Å². The van der Waals surface area contributed by atoms with E-state index in [1.54, 1.807) is 13.0 Å². The number of benzene rings is 2. The summed E-state index contributed by atoms with van der Waals surface area (Å²) >= 11 is 0. The minimum absolute atomic E-state index is 0.0100. The Kier molecular flexibility index (Phi) is 6.12. The molecule has 3 heterocycles. The van der Waals surface area contributed by atoms with E-state index in [0.29, 0.717) is 49.1 Å². The maximum absolute atomic E-state index is 14.3. The van der Waals surface area contributed by atoms with Gasteiger partial charge in [-0.3, -0.25) is 4.57 Å². The summed E-state index contributed by atoms with van der Waals surface area (Å²) in [5, 5.41) is 15.7. The molecule has 8 nitrogen and oxygen atoms in total. The minimum Gasteiger partial charge on any atom is -0.447 e. The monoisotopic (exact) mass is 464 g/mol. The highest BCUT2D eigenvalue weighted by Crippen LogP contribution is 2.32. The van der Waals surface area contributed by atoms with E-state index in [-0.39, 0.29) is 11.7 Å². The maximum atomic E-state index is 14.3. The molecule has 1 aliphatic rings. The van der Waals surface area contributed by atoms with Crippen molar-refractivity contribution in [2.24, 2.45) is 0 Å². The van der Waals surface area contributed by atoms with Crippen LogP contribution in [-0.2, 0) is 4.74 Å². The largest absolute Gasteiger partial charge is 0.447 e. The first-order chi connectivity index (χ1) is 16.5. The number of hydrogen-bond donors (Lipinski definition) is 3. The lowest BCUT2D eigenvalue weighted by molar-refractivity contribution is 0.0710. The van der Waals surface area contributed by atoms with Gasteiger partial charge in [-0.25, -0.2) is 18.7 Å². The first-order valence-electron chi connectivity index (χ1n) is 11.1. The SMILES string of the molecule is CB(O)c1ccc(Nc2ncc3nc(Nc4c(F)cccc4F)n(C4CCOCC4)c3n2)cc1. The Labute approximate surface area is 195 Å². The molecule has 34 heavy (non-hydrogen) atoms. The van der Waals surface area contributed by atoms with Gasteiger partial charge in [-0.15, -0.1) is 0 Å². The number of para-hydroxylation sites is 1. The molecule has 3 N–H and O–H groups in total. The summed E-state index contributed by atoms with van der Waals surface area (Å²) < 4.78 is 36.0. The molecule has 0 radical (unpaired) electrons. The van der Waals surface area contributed by atoms with Crippen molar-refractivity contribution in [1.29, 1.82) is 0 Å². The third kappa shape index (κ3) is 4.44. The number of imidazole rings is 1. The van der Waals surface area contributed by atoms with Gasteiger partial charge in [0.05, 0.1) is 6.20 Å². The fourth-order valence-corrected chi connectivity index (χ4v) is 4.03. The van der Waals surface area contributed by atoms with Gasteiger partial charge in [0.2, 0.25) is 11.9 Å². The Morgan fingerprint density at radius 1 is 1.03 bits per heavy atom. The standard InChI is InChI=1S/C23H23BF2N6O2/c1-24(33)14-5-7-15(8-6-14)28-22-27-13-19-21(31-22)32(16-9-11-34-12-10-16)23(29-19)30-20-17(25)3-2-4-18(20)26/h2-8,13,16,33H,9-12H2,1H3,(H,29,30)(H,27,28,31). The van der Waals surface area contributed by atoms with E-state index >= 15 is 0 Å². The van der Waals surface area contributed by atoms with Crippen LogP contribution in [0.5, 0.6) is 0 Å².